The lowest BCUT2D eigenvalue weighted by molar-refractivity contribution is 0.154. The monoisotopic (exact) mass is 178 g/mol. The van der Waals surface area contributed by atoms with Gasteiger partial charge >= 0.3 is 0 Å². The molecule has 0 saturated carbocycles. The first kappa shape index (κ1) is 9.05. The summed E-state index contributed by atoms with van der Waals surface area (Å²) in [6.45, 7) is 6.14. The van der Waals surface area contributed by atoms with E-state index in [2.05, 4.69) is 16.1 Å². The van der Waals surface area contributed by atoms with Crippen molar-refractivity contribution < 1.29 is 0 Å². The molecule has 0 bridgehead atoms. The van der Waals surface area contributed by atoms with E-state index >= 15 is 0 Å². The molecule has 2 aliphatic rings. The highest BCUT2D eigenvalue weighted by Crippen LogP contribution is 2.17. The second kappa shape index (κ2) is 4.13. The van der Waals surface area contributed by atoms with Crippen molar-refractivity contribution in [3.63, 3.8) is 0 Å². The lowest BCUT2D eigenvalue weighted by Gasteiger charge is -2.36. The predicted molar refractivity (Wildman–Crippen MR) is 54.4 cm³/mol. The largest absolute Gasteiger partial charge is 0.316 e. The second-order valence-electron chi connectivity index (χ2n) is 4.27. The molecule has 0 amide bonds. The standard InChI is InChI=1S/C11H18N2/c1-2-10-3-5-13(6-4-10)9-11-7-12-8-11/h1,10-12H,3-9H2. The van der Waals surface area contributed by atoms with Crippen molar-refractivity contribution in [2.24, 2.45) is 11.8 Å². The molecule has 2 fully saturated rings. The van der Waals surface area contributed by atoms with Gasteiger partial charge in [0.05, 0.1) is 0 Å². The van der Waals surface area contributed by atoms with Gasteiger partial charge in [-0.2, -0.15) is 0 Å². The van der Waals surface area contributed by atoms with Gasteiger partial charge in [-0.3, -0.25) is 0 Å². The third kappa shape index (κ3) is 2.24. The molecule has 1 N–H and O–H groups in total. The maximum absolute atomic E-state index is 5.41. The Hall–Kier alpha value is -0.520. The third-order valence-electron chi connectivity index (χ3n) is 3.21. The highest BCUT2D eigenvalue weighted by atomic mass is 15.1. The molecule has 0 atom stereocenters. The molecule has 2 heterocycles. The number of terminal acetylenes is 1. The molecule has 0 spiro atoms. The minimum absolute atomic E-state index is 0.552. The fourth-order valence-corrected chi connectivity index (χ4v) is 2.12. The quantitative estimate of drug-likeness (QED) is 0.621. The SMILES string of the molecule is C#CC1CCN(CC2CNC2)CC1. The van der Waals surface area contributed by atoms with Crippen molar-refractivity contribution in [3.05, 3.63) is 0 Å². The van der Waals surface area contributed by atoms with Crippen molar-refractivity contribution >= 4 is 0 Å². The molecule has 2 rings (SSSR count). The van der Waals surface area contributed by atoms with Gasteiger partial charge in [-0.25, -0.2) is 0 Å². The van der Waals surface area contributed by atoms with E-state index in [0.717, 1.165) is 5.92 Å². The van der Waals surface area contributed by atoms with Crippen LogP contribution in [-0.4, -0.2) is 37.6 Å². The van der Waals surface area contributed by atoms with Crippen LogP contribution in [0.5, 0.6) is 0 Å². The topological polar surface area (TPSA) is 15.3 Å². The molecular formula is C11H18N2. The van der Waals surface area contributed by atoms with E-state index in [1.165, 1.54) is 45.6 Å². The van der Waals surface area contributed by atoms with Gasteiger partial charge in [-0.05, 0) is 31.8 Å². The third-order valence-corrected chi connectivity index (χ3v) is 3.21. The number of nitrogens with zero attached hydrogens (tertiary/aromatic N) is 1. The Morgan fingerprint density at radius 2 is 2.00 bits per heavy atom. The number of rotatable bonds is 2. The van der Waals surface area contributed by atoms with Gasteiger partial charge in [0.1, 0.15) is 0 Å². The second-order valence-corrected chi connectivity index (χ2v) is 4.27. The highest BCUT2D eigenvalue weighted by molar-refractivity contribution is 4.95. The van der Waals surface area contributed by atoms with Crippen LogP contribution < -0.4 is 5.32 Å². The fourth-order valence-electron chi connectivity index (χ4n) is 2.12. The summed E-state index contributed by atoms with van der Waals surface area (Å²) in [5, 5.41) is 3.31. The molecule has 2 saturated heterocycles. The molecule has 2 heteroatoms. The molecule has 0 unspecified atom stereocenters. The zero-order valence-electron chi connectivity index (χ0n) is 8.13. The molecule has 0 aromatic carbocycles. The Morgan fingerprint density at radius 3 is 2.46 bits per heavy atom. The molecule has 2 aliphatic heterocycles. The van der Waals surface area contributed by atoms with Crippen LogP contribution in [0.2, 0.25) is 0 Å². The van der Waals surface area contributed by atoms with E-state index in [-0.39, 0.29) is 0 Å². The van der Waals surface area contributed by atoms with Crippen molar-refractivity contribution in [1.29, 1.82) is 0 Å². The molecule has 0 aromatic rings. The van der Waals surface area contributed by atoms with Gasteiger partial charge in [-0.15, -0.1) is 12.3 Å². The van der Waals surface area contributed by atoms with E-state index < -0.39 is 0 Å². The summed E-state index contributed by atoms with van der Waals surface area (Å²) >= 11 is 0. The van der Waals surface area contributed by atoms with E-state index in [1.807, 2.05) is 0 Å². The zero-order valence-corrected chi connectivity index (χ0v) is 8.13. The van der Waals surface area contributed by atoms with Gasteiger partial charge in [-0.1, -0.05) is 0 Å². The minimum atomic E-state index is 0.552. The van der Waals surface area contributed by atoms with Crippen molar-refractivity contribution in [2.45, 2.75) is 12.8 Å². The van der Waals surface area contributed by atoms with Crippen LogP contribution in [0.1, 0.15) is 12.8 Å². The Labute approximate surface area is 80.7 Å². The molecule has 0 aromatic heterocycles. The van der Waals surface area contributed by atoms with Crippen LogP contribution in [0.3, 0.4) is 0 Å². The summed E-state index contributed by atoms with van der Waals surface area (Å²) in [6, 6.07) is 0. The summed E-state index contributed by atoms with van der Waals surface area (Å²) in [5.74, 6) is 4.32. The number of hydrogen-bond donors (Lipinski definition) is 1. The van der Waals surface area contributed by atoms with Crippen molar-refractivity contribution in [3.8, 4) is 12.3 Å². The smallest absolute Gasteiger partial charge is 0.0224 e. The molecule has 72 valence electrons. The summed E-state index contributed by atoms with van der Waals surface area (Å²) in [4.78, 5) is 2.57. The van der Waals surface area contributed by atoms with Gasteiger partial charge in [0.15, 0.2) is 0 Å². The van der Waals surface area contributed by atoms with Crippen LogP contribution in [0.15, 0.2) is 0 Å². The lowest BCUT2D eigenvalue weighted by atomic mass is 9.95. The fraction of sp³-hybridized carbons (Fsp3) is 0.818. The summed E-state index contributed by atoms with van der Waals surface area (Å²) in [5.41, 5.74) is 0. The predicted octanol–water partition coefficient (Wildman–Crippen LogP) is 0.551. The van der Waals surface area contributed by atoms with Gasteiger partial charge in [0.25, 0.3) is 0 Å². The van der Waals surface area contributed by atoms with Gasteiger partial charge in [0, 0.05) is 25.6 Å². The normalized spacial score (nSPS) is 26.7. The Morgan fingerprint density at radius 1 is 1.31 bits per heavy atom. The first-order chi connectivity index (χ1) is 6.38. The summed E-state index contributed by atoms with van der Waals surface area (Å²) < 4.78 is 0. The lowest BCUT2D eigenvalue weighted by Crippen LogP contribution is -2.49. The highest BCUT2D eigenvalue weighted by Gasteiger charge is 2.23. The summed E-state index contributed by atoms with van der Waals surface area (Å²) in [6.07, 6.45) is 7.82. The zero-order chi connectivity index (χ0) is 9.10. The average molecular weight is 178 g/mol. The maximum atomic E-state index is 5.41. The van der Waals surface area contributed by atoms with Crippen molar-refractivity contribution in [1.82, 2.24) is 10.2 Å². The number of nitrogens with one attached hydrogen (secondary N) is 1. The van der Waals surface area contributed by atoms with Crippen molar-refractivity contribution in [2.75, 3.05) is 32.7 Å². The van der Waals surface area contributed by atoms with Crippen LogP contribution in [0.4, 0.5) is 0 Å². The average Bonchev–Trinajstić information content (AvgIpc) is 2.12. The Bertz CT molecular complexity index is 195. The number of piperidine rings is 1. The van der Waals surface area contributed by atoms with Gasteiger partial charge in [0.2, 0.25) is 0 Å². The number of likely N-dealkylation sites (tertiary alicyclic amines) is 1. The van der Waals surface area contributed by atoms with Crippen LogP contribution >= 0.6 is 0 Å². The Kier molecular flexibility index (Phi) is 2.87. The molecule has 13 heavy (non-hydrogen) atoms. The van der Waals surface area contributed by atoms with E-state index in [4.69, 9.17) is 6.42 Å². The van der Waals surface area contributed by atoms with E-state index in [9.17, 15) is 0 Å². The number of hydrogen-bond acceptors (Lipinski definition) is 2. The van der Waals surface area contributed by atoms with Crippen LogP contribution in [0.25, 0.3) is 0 Å². The molecule has 0 radical (unpaired) electrons. The van der Waals surface area contributed by atoms with E-state index in [1.54, 1.807) is 0 Å². The van der Waals surface area contributed by atoms with E-state index in [0.29, 0.717) is 5.92 Å². The molecule has 2 nitrogen and oxygen atoms in total. The van der Waals surface area contributed by atoms with Crippen LogP contribution in [0, 0.1) is 24.2 Å². The first-order valence-electron chi connectivity index (χ1n) is 5.27. The first-order valence-corrected chi connectivity index (χ1v) is 5.27. The molecule has 0 aliphatic carbocycles. The Balaban J connectivity index is 1.69. The minimum Gasteiger partial charge on any atom is -0.316 e. The van der Waals surface area contributed by atoms with Crippen LogP contribution in [-0.2, 0) is 0 Å². The maximum Gasteiger partial charge on any atom is 0.0224 e. The summed E-state index contributed by atoms with van der Waals surface area (Å²) in [7, 11) is 0. The van der Waals surface area contributed by atoms with Gasteiger partial charge < -0.3 is 10.2 Å². The molecular weight excluding hydrogens is 160 g/mol.